The molecule has 2 rings (SSSR count). The fourth-order valence-electron chi connectivity index (χ4n) is 2.49. The van der Waals surface area contributed by atoms with Gasteiger partial charge in [-0.15, -0.1) is 0 Å². The molecule has 2 saturated carbocycles. The van der Waals surface area contributed by atoms with Crippen molar-refractivity contribution in [3.05, 3.63) is 0 Å². The van der Waals surface area contributed by atoms with Gasteiger partial charge in [0.25, 0.3) is 0 Å². The molecule has 0 heterocycles. The second kappa shape index (κ2) is 2.40. The Morgan fingerprint density at radius 3 is 2.11 bits per heavy atom. The topological polar surface area (TPSA) is 0 Å². The number of halogens is 1. The molecule has 3 atom stereocenters. The first-order valence-corrected chi connectivity index (χ1v) is 5.25. The Hall–Kier alpha value is 0.730. The van der Waals surface area contributed by atoms with Crippen LogP contribution in [-0.4, -0.2) is 3.92 Å². The quantitative estimate of drug-likeness (QED) is 0.448. The van der Waals surface area contributed by atoms with Crippen LogP contribution in [0.2, 0.25) is 0 Å². The molecule has 0 amide bonds. The van der Waals surface area contributed by atoms with Crippen LogP contribution < -0.4 is 0 Å². The van der Waals surface area contributed by atoms with Gasteiger partial charge in [-0.25, -0.2) is 0 Å². The summed E-state index contributed by atoms with van der Waals surface area (Å²) in [7, 11) is 0. The Morgan fingerprint density at radius 1 is 1.00 bits per heavy atom. The number of hydrogen-bond donors (Lipinski definition) is 0. The fourth-order valence-corrected chi connectivity index (χ4v) is 3.79. The van der Waals surface area contributed by atoms with Gasteiger partial charge in [0.05, 0.1) is 0 Å². The molecule has 0 spiro atoms. The van der Waals surface area contributed by atoms with Gasteiger partial charge in [0.1, 0.15) is 0 Å². The Morgan fingerprint density at radius 2 is 1.56 bits per heavy atom. The highest BCUT2D eigenvalue weighted by Crippen LogP contribution is 2.46. The second-order valence-electron chi connectivity index (χ2n) is 3.52. The molecule has 9 heavy (non-hydrogen) atoms. The summed E-state index contributed by atoms with van der Waals surface area (Å²) in [5.74, 6) is 2.29. The lowest BCUT2D eigenvalue weighted by molar-refractivity contribution is 0.457. The molecular formula is C8H13I. The van der Waals surface area contributed by atoms with Crippen LogP contribution in [0.5, 0.6) is 0 Å². The summed E-state index contributed by atoms with van der Waals surface area (Å²) >= 11 is 2.62. The van der Waals surface area contributed by atoms with E-state index in [9.17, 15) is 0 Å². The predicted octanol–water partition coefficient (Wildman–Crippen LogP) is 3.00. The van der Waals surface area contributed by atoms with Gasteiger partial charge in [-0.1, -0.05) is 41.9 Å². The average molecular weight is 236 g/mol. The summed E-state index contributed by atoms with van der Waals surface area (Å²) < 4.78 is 1.03. The van der Waals surface area contributed by atoms with Crippen molar-refractivity contribution in [1.82, 2.24) is 0 Å². The zero-order valence-electron chi connectivity index (χ0n) is 5.65. The standard InChI is InChI=1S/C8H13I/c9-8-4-6-2-1-3-7(6)5-8/h6-8H,1-5H2/t6-,7?,8?/m1/s1. The summed E-state index contributed by atoms with van der Waals surface area (Å²) in [6, 6.07) is 0. The van der Waals surface area contributed by atoms with Gasteiger partial charge in [-0.2, -0.15) is 0 Å². The van der Waals surface area contributed by atoms with Gasteiger partial charge in [0.2, 0.25) is 0 Å². The molecule has 0 aliphatic heterocycles. The van der Waals surface area contributed by atoms with E-state index in [1.165, 1.54) is 19.3 Å². The van der Waals surface area contributed by atoms with Gasteiger partial charge in [0, 0.05) is 3.92 Å². The van der Waals surface area contributed by atoms with E-state index >= 15 is 0 Å². The van der Waals surface area contributed by atoms with Crippen molar-refractivity contribution in [1.29, 1.82) is 0 Å². The van der Waals surface area contributed by atoms with E-state index in [4.69, 9.17) is 0 Å². The summed E-state index contributed by atoms with van der Waals surface area (Å²) in [6.07, 6.45) is 7.68. The van der Waals surface area contributed by atoms with Gasteiger partial charge in [-0.3, -0.25) is 0 Å². The fraction of sp³-hybridized carbons (Fsp3) is 1.00. The number of rotatable bonds is 0. The minimum Gasteiger partial charge on any atom is -0.0826 e. The molecule has 0 aromatic heterocycles. The van der Waals surface area contributed by atoms with E-state index in [0.29, 0.717) is 0 Å². The zero-order chi connectivity index (χ0) is 6.27. The lowest BCUT2D eigenvalue weighted by Crippen LogP contribution is -1.95. The van der Waals surface area contributed by atoms with Crippen molar-refractivity contribution in [2.75, 3.05) is 0 Å². The van der Waals surface area contributed by atoms with E-state index in [2.05, 4.69) is 22.6 Å². The van der Waals surface area contributed by atoms with Gasteiger partial charge < -0.3 is 0 Å². The number of alkyl halides is 1. The molecule has 0 saturated heterocycles. The third-order valence-electron chi connectivity index (χ3n) is 2.93. The largest absolute Gasteiger partial charge is 0.0826 e. The van der Waals surface area contributed by atoms with E-state index in [-0.39, 0.29) is 0 Å². The first-order chi connectivity index (χ1) is 4.36. The van der Waals surface area contributed by atoms with E-state index in [1.807, 2.05) is 0 Å². The number of hydrogen-bond acceptors (Lipinski definition) is 0. The summed E-state index contributed by atoms with van der Waals surface area (Å²) in [6.45, 7) is 0. The molecule has 0 aromatic carbocycles. The summed E-state index contributed by atoms with van der Waals surface area (Å²) in [5, 5.41) is 0. The predicted molar refractivity (Wildman–Crippen MR) is 47.9 cm³/mol. The lowest BCUT2D eigenvalue weighted by atomic mass is 10.0. The SMILES string of the molecule is IC1CC2CCC[C@@H]2C1. The Kier molecular flexibility index (Phi) is 1.72. The smallest absolute Gasteiger partial charge is 0.0115 e. The van der Waals surface area contributed by atoms with Crippen molar-refractivity contribution >= 4 is 22.6 Å². The highest BCUT2D eigenvalue weighted by Gasteiger charge is 2.35. The molecule has 0 nitrogen and oxygen atoms in total. The third-order valence-corrected chi connectivity index (χ3v) is 3.95. The molecule has 2 aliphatic rings. The Labute approximate surface area is 70.5 Å². The van der Waals surface area contributed by atoms with Gasteiger partial charge >= 0.3 is 0 Å². The average Bonchev–Trinajstić information content (AvgIpc) is 2.22. The monoisotopic (exact) mass is 236 g/mol. The molecule has 0 radical (unpaired) electrons. The highest BCUT2D eigenvalue weighted by molar-refractivity contribution is 14.1. The molecule has 0 bridgehead atoms. The maximum absolute atomic E-state index is 2.62. The molecule has 0 N–H and O–H groups in total. The van der Waals surface area contributed by atoms with Crippen LogP contribution in [0.15, 0.2) is 0 Å². The maximum atomic E-state index is 2.62. The van der Waals surface area contributed by atoms with Crippen molar-refractivity contribution in [3.63, 3.8) is 0 Å². The second-order valence-corrected chi connectivity index (χ2v) is 5.28. The Balaban J connectivity index is 2.02. The van der Waals surface area contributed by atoms with E-state index in [0.717, 1.165) is 15.8 Å². The minimum absolute atomic E-state index is 1.03. The van der Waals surface area contributed by atoms with Crippen LogP contribution in [0.4, 0.5) is 0 Å². The number of fused-ring (bicyclic) bond motifs is 1. The molecule has 1 heteroatoms. The lowest BCUT2D eigenvalue weighted by Gasteiger charge is -2.04. The highest BCUT2D eigenvalue weighted by atomic mass is 127. The molecule has 2 aliphatic carbocycles. The van der Waals surface area contributed by atoms with Crippen molar-refractivity contribution in [2.24, 2.45) is 11.8 Å². The van der Waals surface area contributed by atoms with Crippen molar-refractivity contribution in [2.45, 2.75) is 36.0 Å². The molecule has 2 fully saturated rings. The summed E-state index contributed by atoms with van der Waals surface area (Å²) in [5.41, 5.74) is 0. The van der Waals surface area contributed by atoms with Gasteiger partial charge in [0.15, 0.2) is 0 Å². The van der Waals surface area contributed by atoms with Crippen molar-refractivity contribution in [3.8, 4) is 0 Å². The van der Waals surface area contributed by atoms with Crippen LogP contribution in [0.1, 0.15) is 32.1 Å². The Bertz CT molecular complexity index is 99.1. The van der Waals surface area contributed by atoms with Crippen LogP contribution >= 0.6 is 22.6 Å². The normalized spacial score (nSPS) is 49.7. The minimum atomic E-state index is 1.03. The molecule has 0 aromatic rings. The molecule has 52 valence electrons. The van der Waals surface area contributed by atoms with Crippen LogP contribution in [-0.2, 0) is 0 Å². The summed E-state index contributed by atoms with van der Waals surface area (Å²) in [4.78, 5) is 0. The molecule has 2 unspecified atom stereocenters. The first-order valence-electron chi connectivity index (χ1n) is 4.00. The maximum Gasteiger partial charge on any atom is 0.0115 e. The van der Waals surface area contributed by atoms with Gasteiger partial charge in [-0.05, 0) is 24.7 Å². The molecular weight excluding hydrogens is 223 g/mol. The van der Waals surface area contributed by atoms with Crippen LogP contribution in [0, 0.1) is 11.8 Å². The first kappa shape index (κ1) is 6.44. The van der Waals surface area contributed by atoms with E-state index in [1.54, 1.807) is 12.8 Å². The van der Waals surface area contributed by atoms with Crippen LogP contribution in [0.3, 0.4) is 0 Å². The zero-order valence-corrected chi connectivity index (χ0v) is 7.80. The van der Waals surface area contributed by atoms with Crippen LogP contribution in [0.25, 0.3) is 0 Å². The van der Waals surface area contributed by atoms with E-state index < -0.39 is 0 Å². The van der Waals surface area contributed by atoms with Crippen molar-refractivity contribution < 1.29 is 0 Å². The third kappa shape index (κ3) is 1.13.